The highest BCUT2D eigenvalue weighted by Gasteiger charge is 2.19. The summed E-state index contributed by atoms with van der Waals surface area (Å²) in [6, 6.07) is 0. The Labute approximate surface area is 92.0 Å². The zero-order valence-corrected chi connectivity index (χ0v) is 9.71. The third-order valence-corrected chi connectivity index (χ3v) is 3.30. The van der Waals surface area contributed by atoms with Gasteiger partial charge in [-0.2, -0.15) is 0 Å². The number of aliphatic hydroxyl groups is 1. The van der Waals surface area contributed by atoms with E-state index in [0.717, 1.165) is 5.13 Å². The summed E-state index contributed by atoms with van der Waals surface area (Å²) in [6.45, 7) is 1.77. The van der Waals surface area contributed by atoms with Crippen LogP contribution in [-0.2, 0) is 4.79 Å². The van der Waals surface area contributed by atoms with Crippen molar-refractivity contribution >= 4 is 22.4 Å². The number of rotatable bonds is 4. The summed E-state index contributed by atoms with van der Waals surface area (Å²) < 4.78 is 0. The zero-order chi connectivity index (χ0) is 11.6. The molecule has 0 saturated carbocycles. The van der Waals surface area contributed by atoms with Crippen LogP contribution in [0.3, 0.4) is 0 Å². The number of aliphatic carboxylic acids is 1. The molecule has 1 atom stereocenters. The van der Waals surface area contributed by atoms with Crippen LogP contribution < -0.4 is 4.90 Å². The first kappa shape index (κ1) is 11.9. The Morgan fingerprint density at radius 1 is 1.60 bits per heavy atom. The van der Waals surface area contributed by atoms with Crippen molar-refractivity contribution in [3.63, 3.8) is 0 Å². The number of hydrogen-bond donors (Lipinski definition) is 2. The van der Waals surface area contributed by atoms with Crippen LogP contribution >= 0.6 is 11.3 Å². The molecule has 5 nitrogen and oxygen atoms in total. The molecule has 84 valence electrons. The fourth-order valence-corrected chi connectivity index (χ4v) is 2.13. The Balaban J connectivity index is 2.89. The van der Waals surface area contributed by atoms with Gasteiger partial charge in [0, 0.05) is 14.1 Å². The van der Waals surface area contributed by atoms with E-state index in [-0.39, 0.29) is 6.42 Å². The standard InChI is InChI=1S/C9H14N2O3S/c1-5-8(6(12)4-7(13)14)15-9(10-5)11(2)3/h6,12H,4H2,1-3H3,(H,13,14). The van der Waals surface area contributed by atoms with Crippen molar-refractivity contribution < 1.29 is 15.0 Å². The first-order valence-corrected chi connectivity index (χ1v) is 5.28. The van der Waals surface area contributed by atoms with Crippen LogP contribution in [0.25, 0.3) is 0 Å². The van der Waals surface area contributed by atoms with Crippen LogP contribution in [0.2, 0.25) is 0 Å². The lowest BCUT2D eigenvalue weighted by Crippen LogP contribution is -2.07. The molecule has 0 aliphatic rings. The number of anilines is 1. The van der Waals surface area contributed by atoms with Gasteiger partial charge < -0.3 is 15.1 Å². The Morgan fingerprint density at radius 3 is 2.60 bits per heavy atom. The topological polar surface area (TPSA) is 73.7 Å². The first-order valence-electron chi connectivity index (χ1n) is 4.46. The number of carboxylic acids is 1. The lowest BCUT2D eigenvalue weighted by Gasteiger charge is -2.06. The number of aromatic nitrogens is 1. The van der Waals surface area contributed by atoms with E-state index in [2.05, 4.69) is 4.98 Å². The number of carboxylic acid groups (broad SMARTS) is 1. The summed E-state index contributed by atoms with van der Waals surface area (Å²) >= 11 is 1.32. The molecule has 2 N–H and O–H groups in total. The van der Waals surface area contributed by atoms with E-state index in [0.29, 0.717) is 10.6 Å². The van der Waals surface area contributed by atoms with Crippen molar-refractivity contribution in [2.24, 2.45) is 0 Å². The fraction of sp³-hybridized carbons (Fsp3) is 0.556. The number of nitrogens with zero attached hydrogens (tertiary/aromatic N) is 2. The molecule has 0 radical (unpaired) electrons. The van der Waals surface area contributed by atoms with E-state index < -0.39 is 12.1 Å². The molecule has 0 bridgehead atoms. The molecular weight excluding hydrogens is 216 g/mol. The van der Waals surface area contributed by atoms with Gasteiger partial charge in [-0.15, -0.1) is 0 Å². The van der Waals surface area contributed by atoms with Crippen LogP contribution in [-0.4, -0.2) is 35.3 Å². The molecule has 0 fully saturated rings. The molecule has 0 amide bonds. The van der Waals surface area contributed by atoms with Crippen LogP contribution in [0.5, 0.6) is 0 Å². The summed E-state index contributed by atoms with van der Waals surface area (Å²) in [7, 11) is 3.71. The zero-order valence-electron chi connectivity index (χ0n) is 8.89. The molecule has 0 saturated heterocycles. The summed E-state index contributed by atoms with van der Waals surface area (Å²) in [4.78, 5) is 17.1. The molecule has 15 heavy (non-hydrogen) atoms. The smallest absolute Gasteiger partial charge is 0.306 e. The number of carbonyl (C=O) groups is 1. The minimum absolute atomic E-state index is 0.282. The molecule has 0 aliphatic carbocycles. The van der Waals surface area contributed by atoms with E-state index in [1.165, 1.54) is 11.3 Å². The minimum atomic E-state index is -1.01. The third kappa shape index (κ3) is 2.90. The highest BCUT2D eigenvalue weighted by Crippen LogP contribution is 2.31. The van der Waals surface area contributed by atoms with E-state index in [9.17, 15) is 9.90 Å². The molecule has 1 rings (SSSR count). The van der Waals surface area contributed by atoms with Gasteiger partial charge in [-0.1, -0.05) is 11.3 Å². The van der Waals surface area contributed by atoms with Crippen molar-refractivity contribution in [2.75, 3.05) is 19.0 Å². The van der Waals surface area contributed by atoms with E-state index >= 15 is 0 Å². The van der Waals surface area contributed by atoms with Crippen LogP contribution in [0.15, 0.2) is 0 Å². The third-order valence-electron chi connectivity index (χ3n) is 1.87. The Bertz CT molecular complexity index is 362. The highest BCUT2D eigenvalue weighted by atomic mass is 32.1. The summed E-state index contributed by atoms with van der Waals surface area (Å²) in [6.07, 6.45) is -1.25. The van der Waals surface area contributed by atoms with Gasteiger partial charge in [0.25, 0.3) is 0 Å². The average molecular weight is 230 g/mol. The maximum atomic E-state index is 10.4. The quantitative estimate of drug-likeness (QED) is 0.808. The number of thiazole rings is 1. The number of aryl methyl sites for hydroxylation is 1. The minimum Gasteiger partial charge on any atom is -0.481 e. The maximum Gasteiger partial charge on any atom is 0.306 e. The average Bonchev–Trinajstić information content (AvgIpc) is 2.46. The van der Waals surface area contributed by atoms with Gasteiger partial charge in [-0.05, 0) is 6.92 Å². The summed E-state index contributed by atoms with van der Waals surface area (Å²) in [5.41, 5.74) is 0.692. The second-order valence-corrected chi connectivity index (χ2v) is 4.46. The van der Waals surface area contributed by atoms with Crippen LogP contribution in [0.4, 0.5) is 5.13 Å². The first-order chi connectivity index (χ1) is 6.91. The SMILES string of the molecule is Cc1nc(N(C)C)sc1C(O)CC(=O)O. The highest BCUT2D eigenvalue weighted by molar-refractivity contribution is 7.15. The van der Waals surface area contributed by atoms with Crippen molar-refractivity contribution in [1.29, 1.82) is 0 Å². The van der Waals surface area contributed by atoms with Gasteiger partial charge in [0.05, 0.1) is 17.0 Å². The molecule has 1 aromatic heterocycles. The maximum absolute atomic E-state index is 10.4. The Morgan fingerprint density at radius 2 is 2.20 bits per heavy atom. The summed E-state index contributed by atoms with van der Waals surface area (Å²) in [5, 5.41) is 19.0. The molecule has 1 aromatic rings. The van der Waals surface area contributed by atoms with Crippen molar-refractivity contribution in [1.82, 2.24) is 4.98 Å². The largest absolute Gasteiger partial charge is 0.481 e. The van der Waals surface area contributed by atoms with E-state index in [4.69, 9.17) is 5.11 Å². The van der Waals surface area contributed by atoms with Gasteiger partial charge in [0.15, 0.2) is 5.13 Å². The van der Waals surface area contributed by atoms with Gasteiger partial charge in [0.1, 0.15) is 6.10 Å². The number of hydrogen-bond acceptors (Lipinski definition) is 5. The number of aliphatic hydroxyl groups excluding tert-OH is 1. The van der Waals surface area contributed by atoms with Gasteiger partial charge in [-0.25, -0.2) is 4.98 Å². The Kier molecular flexibility index (Phi) is 3.65. The molecule has 1 heterocycles. The normalized spacial score (nSPS) is 12.5. The second kappa shape index (κ2) is 4.59. The molecule has 0 spiro atoms. The van der Waals surface area contributed by atoms with Gasteiger partial charge in [-0.3, -0.25) is 4.79 Å². The molecular formula is C9H14N2O3S. The lowest BCUT2D eigenvalue weighted by molar-refractivity contribution is -0.139. The van der Waals surface area contributed by atoms with Gasteiger partial charge in [0.2, 0.25) is 0 Å². The van der Waals surface area contributed by atoms with Crippen LogP contribution in [0, 0.1) is 6.92 Å². The molecule has 6 heteroatoms. The van der Waals surface area contributed by atoms with Crippen LogP contribution in [0.1, 0.15) is 23.1 Å². The monoisotopic (exact) mass is 230 g/mol. The fourth-order valence-electron chi connectivity index (χ4n) is 1.15. The van der Waals surface area contributed by atoms with E-state index in [1.807, 2.05) is 19.0 Å². The lowest BCUT2D eigenvalue weighted by atomic mass is 10.2. The molecule has 1 unspecified atom stereocenters. The predicted octanol–water partition coefficient (Wildman–Crippen LogP) is 1.03. The van der Waals surface area contributed by atoms with Crippen molar-refractivity contribution in [2.45, 2.75) is 19.4 Å². The second-order valence-electron chi connectivity index (χ2n) is 3.45. The predicted molar refractivity (Wildman–Crippen MR) is 58.4 cm³/mol. The van der Waals surface area contributed by atoms with Crippen molar-refractivity contribution in [3.8, 4) is 0 Å². The van der Waals surface area contributed by atoms with Crippen molar-refractivity contribution in [3.05, 3.63) is 10.6 Å². The van der Waals surface area contributed by atoms with E-state index in [1.54, 1.807) is 6.92 Å². The molecule has 0 aliphatic heterocycles. The summed E-state index contributed by atoms with van der Waals surface area (Å²) in [5.74, 6) is -1.01. The molecule has 0 aromatic carbocycles. The van der Waals surface area contributed by atoms with Gasteiger partial charge >= 0.3 is 5.97 Å². The Hall–Kier alpha value is -1.14.